The maximum absolute atomic E-state index is 4.25. The number of hydrogen-bond acceptors (Lipinski definition) is 3. The molecule has 0 radical (unpaired) electrons. The lowest BCUT2D eigenvalue weighted by atomic mass is 10.1. The number of aryl methyl sites for hydroxylation is 2. The molecular weight excluding hydrogens is 218 g/mol. The lowest BCUT2D eigenvalue weighted by Crippen LogP contribution is -1.88. The fourth-order valence-electron chi connectivity index (χ4n) is 1.47. The molecule has 0 amide bonds. The van der Waals surface area contributed by atoms with Gasteiger partial charge >= 0.3 is 0 Å². The van der Waals surface area contributed by atoms with Gasteiger partial charge in [0.15, 0.2) is 0 Å². The molecule has 0 saturated carbocycles. The number of hydrogen-bond donors (Lipinski definition) is 1. The first-order chi connectivity index (χ1) is 7.84. The summed E-state index contributed by atoms with van der Waals surface area (Å²) in [5.74, 6) is 1.94. The molecule has 0 saturated heterocycles. The molecule has 0 spiro atoms. The average molecular weight is 233 g/mol. The SMILES string of the molecule is Cc1nc(SCCCc2ccccc2)n[nH]1. The van der Waals surface area contributed by atoms with Gasteiger partial charge in [0.1, 0.15) is 5.82 Å². The summed E-state index contributed by atoms with van der Waals surface area (Å²) in [5, 5.41) is 7.78. The minimum atomic E-state index is 0.852. The monoisotopic (exact) mass is 233 g/mol. The minimum absolute atomic E-state index is 0.852. The highest BCUT2D eigenvalue weighted by atomic mass is 32.2. The minimum Gasteiger partial charge on any atom is -0.262 e. The van der Waals surface area contributed by atoms with Crippen molar-refractivity contribution >= 4 is 11.8 Å². The van der Waals surface area contributed by atoms with E-state index < -0.39 is 0 Å². The standard InChI is InChI=1S/C12H15N3S/c1-10-13-12(15-14-10)16-9-5-8-11-6-3-2-4-7-11/h2-4,6-7H,5,8-9H2,1H3,(H,13,14,15). The number of aromatic nitrogens is 3. The van der Waals surface area contributed by atoms with Crippen molar-refractivity contribution in [1.29, 1.82) is 0 Å². The highest BCUT2D eigenvalue weighted by molar-refractivity contribution is 7.99. The maximum Gasteiger partial charge on any atom is 0.208 e. The summed E-state index contributed by atoms with van der Waals surface area (Å²) in [5.41, 5.74) is 1.40. The van der Waals surface area contributed by atoms with Gasteiger partial charge in [0, 0.05) is 5.75 Å². The molecule has 3 nitrogen and oxygen atoms in total. The highest BCUT2D eigenvalue weighted by Crippen LogP contribution is 2.14. The van der Waals surface area contributed by atoms with Crippen molar-refractivity contribution < 1.29 is 0 Å². The molecule has 0 aliphatic heterocycles. The Hall–Kier alpha value is -1.29. The normalized spacial score (nSPS) is 10.6. The summed E-state index contributed by atoms with van der Waals surface area (Å²) in [6, 6.07) is 10.6. The van der Waals surface area contributed by atoms with Gasteiger partial charge in [0.05, 0.1) is 0 Å². The van der Waals surface area contributed by atoms with Crippen LogP contribution in [0.5, 0.6) is 0 Å². The van der Waals surface area contributed by atoms with Gasteiger partial charge in [-0.25, -0.2) is 4.98 Å². The molecule has 1 aromatic carbocycles. The molecule has 4 heteroatoms. The molecule has 2 rings (SSSR count). The van der Waals surface area contributed by atoms with Crippen LogP contribution in [0.4, 0.5) is 0 Å². The molecule has 84 valence electrons. The Balaban J connectivity index is 1.69. The molecule has 0 aliphatic carbocycles. The van der Waals surface area contributed by atoms with E-state index in [-0.39, 0.29) is 0 Å². The second-order valence-corrected chi connectivity index (χ2v) is 4.70. The van der Waals surface area contributed by atoms with Gasteiger partial charge in [-0.2, -0.15) is 0 Å². The van der Waals surface area contributed by atoms with Crippen LogP contribution in [-0.2, 0) is 6.42 Å². The first-order valence-corrected chi connectivity index (χ1v) is 6.39. The summed E-state index contributed by atoms with van der Waals surface area (Å²) in [6.07, 6.45) is 2.28. The third kappa shape index (κ3) is 3.38. The molecule has 0 fully saturated rings. The number of aromatic amines is 1. The zero-order chi connectivity index (χ0) is 11.2. The van der Waals surface area contributed by atoms with E-state index in [2.05, 4.69) is 45.5 Å². The van der Waals surface area contributed by atoms with Crippen molar-refractivity contribution in [2.24, 2.45) is 0 Å². The fourth-order valence-corrected chi connectivity index (χ4v) is 2.25. The number of H-pyrrole nitrogens is 1. The lowest BCUT2D eigenvalue weighted by molar-refractivity contribution is 0.921. The fraction of sp³-hybridized carbons (Fsp3) is 0.333. The van der Waals surface area contributed by atoms with Crippen LogP contribution >= 0.6 is 11.8 Å². The Labute approximate surface area is 99.7 Å². The predicted molar refractivity (Wildman–Crippen MR) is 66.6 cm³/mol. The Bertz CT molecular complexity index is 425. The third-order valence-electron chi connectivity index (χ3n) is 2.26. The van der Waals surface area contributed by atoms with Crippen molar-refractivity contribution in [2.75, 3.05) is 5.75 Å². The van der Waals surface area contributed by atoms with Crippen molar-refractivity contribution in [3.05, 3.63) is 41.7 Å². The van der Waals surface area contributed by atoms with Gasteiger partial charge in [-0.1, -0.05) is 42.1 Å². The largest absolute Gasteiger partial charge is 0.262 e. The lowest BCUT2D eigenvalue weighted by Gasteiger charge is -1.99. The Morgan fingerprint density at radius 1 is 1.25 bits per heavy atom. The summed E-state index contributed by atoms with van der Waals surface area (Å²) in [4.78, 5) is 4.25. The van der Waals surface area contributed by atoms with Gasteiger partial charge in [-0.15, -0.1) is 5.10 Å². The number of nitrogens with zero attached hydrogens (tertiary/aromatic N) is 2. The Morgan fingerprint density at radius 2 is 2.06 bits per heavy atom. The smallest absolute Gasteiger partial charge is 0.208 e. The van der Waals surface area contributed by atoms with E-state index >= 15 is 0 Å². The van der Waals surface area contributed by atoms with Crippen LogP contribution in [0.1, 0.15) is 17.8 Å². The molecule has 0 bridgehead atoms. The summed E-state index contributed by atoms with van der Waals surface area (Å²) in [6.45, 7) is 1.92. The van der Waals surface area contributed by atoms with Gasteiger partial charge < -0.3 is 0 Å². The van der Waals surface area contributed by atoms with Crippen LogP contribution in [0.25, 0.3) is 0 Å². The van der Waals surface area contributed by atoms with E-state index in [1.54, 1.807) is 11.8 Å². The Morgan fingerprint density at radius 3 is 2.75 bits per heavy atom. The summed E-state index contributed by atoms with van der Waals surface area (Å²) in [7, 11) is 0. The van der Waals surface area contributed by atoms with Crippen LogP contribution in [-0.4, -0.2) is 20.9 Å². The summed E-state index contributed by atoms with van der Waals surface area (Å²) >= 11 is 1.71. The average Bonchev–Trinajstić information content (AvgIpc) is 2.72. The van der Waals surface area contributed by atoms with Crippen LogP contribution in [0.3, 0.4) is 0 Å². The van der Waals surface area contributed by atoms with Crippen molar-refractivity contribution in [2.45, 2.75) is 24.9 Å². The van der Waals surface area contributed by atoms with Crippen LogP contribution in [0, 0.1) is 6.92 Å². The number of nitrogens with one attached hydrogen (secondary N) is 1. The maximum atomic E-state index is 4.25. The van der Waals surface area contributed by atoms with E-state index in [0.29, 0.717) is 0 Å². The first kappa shape index (κ1) is 11.2. The van der Waals surface area contributed by atoms with Crippen molar-refractivity contribution in [1.82, 2.24) is 15.2 Å². The van der Waals surface area contributed by atoms with Crippen LogP contribution in [0.2, 0.25) is 0 Å². The van der Waals surface area contributed by atoms with Gasteiger partial charge in [-0.3, -0.25) is 5.10 Å². The number of rotatable bonds is 5. The van der Waals surface area contributed by atoms with Gasteiger partial charge in [0.25, 0.3) is 0 Å². The molecule has 1 heterocycles. The number of thioether (sulfide) groups is 1. The van der Waals surface area contributed by atoms with Crippen molar-refractivity contribution in [3.8, 4) is 0 Å². The summed E-state index contributed by atoms with van der Waals surface area (Å²) < 4.78 is 0. The molecular formula is C12H15N3S. The molecule has 0 unspecified atom stereocenters. The first-order valence-electron chi connectivity index (χ1n) is 5.40. The van der Waals surface area contributed by atoms with Crippen LogP contribution in [0.15, 0.2) is 35.5 Å². The topological polar surface area (TPSA) is 41.6 Å². The molecule has 1 N–H and O–H groups in total. The van der Waals surface area contributed by atoms with Gasteiger partial charge in [-0.05, 0) is 25.3 Å². The predicted octanol–water partition coefficient (Wildman–Crippen LogP) is 2.84. The molecule has 1 aromatic heterocycles. The molecule has 16 heavy (non-hydrogen) atoms. The zero-order valence-corrected chi connectivity index (χ0v) is 10.1. The van der Waals surface area contributed by atoms with E-state index in [0.717, 1.165) is 29.6 Å². The molecule has 0 atom stereocenters. The van der Waals surface area contributed by atoms with E-state index in [1.807, 2.05) is 6.92 Å². The van der Waals surface area contributed by atoms with Gasteiger partial charge in [0.2, 0.25) is 5.16 Å². The third-order valence-corrected chi connectivity index (χ3v) is 3.19. The Kier molecular flexibility index (Phi) is 3.99. The molecule has 0 aliphatic rings. The second kappa shape index (κ2) is 5.70. The number of benzene rings is 1. The zero-order valence-electron chi connectivity index (χ0n) is 9.31. The second-order valence-electron chi connectivity index (χ2n) is 3.64. The van der Waals surface area contributed by atoms with E-state index in [1.165, 1.54) is 5.56 Å². The molecule has 2 aromatic rings. The highest BCUT2D eigenvalue weighted by Gasteiger charge is 2.00. The van der Waals surface area contributed by atoms with Crippen molar-refractivity contribution in [3.63, 3.8) is 0 Å². The van der Waals surface area contributed by atoms with E-state index in [9.17, 15) is 0 Å². The van der Waals surface area contributed by atoms with Crippen LogP contribution < -0.4 is 0 Å². The quantitative estimate of drug-likeness (QED) is 0.638. The van der Waals surface area contributed by atoms with E-state index in [4.69, 9.17) is 0 Å².